The average Bonchev–Trinajstić information content (AvgIpc) is 2.90. The van der Waals surface area contributed by atoms with Crippen LogP contribution in [0, 0.1) is 11.7 Å². The lowest BCUT2D eigenvalue weighted by Gasteiger charge is -2.36. The molecular formula is C29H34FN5O. The number of rotatable bonds is 6. The number of carbonyl (C=O) groups excluding carboxylic acids is 1. The second kappa shape index (κ2) is 10.6. The lowest BCUT2D eigenvalue weighted by Crippen LogP contribution is -2.40. The summed E-state index contributed by atoms with van der Waals surface area (Å²) in [5.41, 5.74) is 4.15. The second-order valence-corrected chi connectivity index (χ2v) is 10.2. The van der Waals surface area contributed by atoms with Crippen LogP contribution in [0.25, 0.3) is 0 Å². The van der Waals surface area contributed by atoms with Crippen molar-refractivity contribution in [3.05, 3.63) is 82.8 Å². The van der Waals surface area contributed by atoms with Crippen LogP contribution in [0.4, 0.5) is 16.2 Å². The molecular weight excluding hydrogens is 453 g/mol. The third-order valence-corrected chi connectivity index (χ3v) is 7.34. The fourth-order valence-corrected chi connectivity index (χ4v) is 5.07. The number of aromatic nitrogens is 2. The molecule has 0 N–H and O–H groups in total. The van der Waals surface area contributed by atoms with Gasteiger partial charge < -0.3 is 14.7 Å². The van der Waals surface area contributed by atoms with Crippen LogP contribution in [0.3, 0.4) is 0 Å². The van der Waals surface area contributed by atoms with E-state index in [-0.39, 0.29) is 18.1 Å². The lowest BCUT2D eigenvalue weighted by atomic mass is 9.98. The standard InChI is InChI=1S/C29H34FN5O/c1-21-12-15-34(16-13-21)28-25-20-35(27(36)18-22-8-10-24(30)11-9-22)17-14-26(25)31-29(32-28)33(2)19-23-6-4-3-5-7-23/h3-11,21H,12-20H2,1-2H3. The van der Waals surface area contributed by atoms with Crippen molar-refractivity contribution in [2.75, 3.05) is 36.5 Å². The maximum atomic E-state index is 13.3. The Balaban J connectivity index is 1.40. The van der Waals surface area contributed by atoms with Crippen molar-refractivity contribution >= 4 is 17.7 Å². The molecule has 2 aromatic carbocycles. The molecule has 7 heteroatoms. The lowest BCUT2D eigenvalue weighted by molar-refractivity contribution is -0.131. The van der Waals surface area contributed by atoms with Gasteiger partial charge in [-0.2, -0.15) is 4.98 Å². The number of benzene rings is 2. The van der Waals surface area contributed by atoms with Crippen LogP contribution in [0.15, 0.2) is 54.6 Å². The molecule has 0 atom stereocenters. The van der Waals surface area contributed by atoms with Crippen molar-refractivity contribution in [2.24, 2.45) is 5.92 Å². The normalized spacial score (nSPS) is 16.1. The molecule has 1 fully saturated rings. The molecule has 0 saturated carbocycles. The van der Waals surface area contributed by atoms with E-state index in [1.54, 1.807) is 12.1 Å². The van der Waals surface area contributed by atoms with E-state index in [2.05, 4.69) is 41.0 Å². The van der Waals surface area contributed by atoms with E-state index < -0.39 is 0 Å². The predicted molar refractivity (Wildman–Crippen MR) is 140 cm³/mol. The summed E-state index contributed by atoms with van der Waals surface area (Å²) in [7, 11) is 2.04. The summed E-state index contributed by atoms with van der Waals surface area (Å²) in [5.74, 6) is 2.19. The van der Waals surface area contributed by atoms with Gasteiger partial charge in [-0.05, 0) is 42.0 Å². The second-order valence-electron chi connectivity index (χ2n) is 10.2. The number of halogens is 1. The Labute approximate surface area is 212 Å². The van der Waals surface area contributed by atoms with E-state index in [1.165, 1.54) is 17.7 Å². The Morgan fingerprint density at radius 1 is 1.00 bits per heavy atom. The highest BCUT2D eigenvalue weighted by atomic mass is 19.1. The van der Waals surface area contributed by atoms with Gasteiger partial charge in [0.05, 0.1) is 18.7 Å². The van der Waals surface area contributed by atoms with Crippen molar-refractivity contribution in [3.8, 4) is 0 Å². The van der Waals surface area contributed by atoms with Gasteiger partial charge in [-0.25, -0.2) is 9.37 Å². The zero-order valence-electron chi connectivity index (χ0n) is 21.2. The number of nitrogens with zero attached hydrogens (tertiary/aromatic N) is 5. The smallest absolute Gasteiger partial charge is 0.227 e. The molecule has 2 aliphatic heterocycles. The molecule has 1 aromatic heterocycles. The SMILES string of the molecule is CC1CCN(c2nc(N(C)Cc3ccccc3)nc3c2CN(C(=O)Cc2ccc(F)cc2)CC3)CC1. The number of amides is 1. The first-order valence-corrected chi connectivity index (χ1v) is 12.9. The summed E-state index contributed by atoms with van der Waals surface area (Å²) >= 11 is 0. The van der Waals surface area contributed by atoms with Crippen LogP contribution >= 0.6 is 0 Å². The number of carbonyl (C=O) groups is 1. The molecule has 1 saturated heterocycles. The van der Waals surface area contributed by atoms with Crippen molar-refractivity contribution in [1.82, 2.24) is 14.9 Å². The molecule has 0 spiro atoms. The van der Waals surface area contributed by atoms with Gasteiger partial charge in [0, 0.05) is 45.2 Å². The van der Waals surface area contributed by atoms with E-state index in [1.807, 2.05) is 18.0 Å². The predicted octanol–water partition coefficient (Wildman–Crippen LogP) is 4.62. The molecule has 0 radical (unpaired) electrons. The van der Waals surface area contributed by atoms with Crippen molar-refractivity contribution < 1.29 is 9.18 Å². The monoisotopic (exact) mass is 487 g/mol. The minimum atomic E-state index is -0.288. The van der Waals surface area contributed by atoms with E-state index in [4.69, 9.17) is 9.97 Å². The first-order chi connectivity index (χ1) is 17.5. The summed E-state index contributed by atoms with van der Waals surface area (Å²) in [6, 6.07) is 16.5. The Kier molecular flexibility index (Phi) is 7.16. The average molecular weight is 488 g/mol. The largest absolute Gasteiger partial charge is 0.356 e. The molecule has 188 valence electrons. The molecule has 5 rings (SSSR count). The Hall–Kier alpha value is -3.48. The number of piperidine rings is 1. The summed E-state index contributed by atoms with van der Waals surface area (Å²) in [5, 5.41) is 0. The zero-order valence-corrected chi connectivity index (χ0v) is 21.2. The van der Waals surface area contributed by atoms with Crippen LogP contribution in [-0.2, 0) is 30.7 Å². The molecule has 6 nitrogen and oxygen atoms in total. The van der Waals surface area contributed by atoms with E-state index in [0.29, 0.717) is 25.4 Å². The van der Waals surface area contributed by atoms with Gasteiger partial charge >= 0.3 is 0 Å². The summed E-state index contributed by atoms with van der Waals surface area (Å²) in [4.78, 5) is 29.6. The molecule has 1 amide bonds. The minimum Gasteiger partial charge on any atom is -0.356 e. The van der Waals surface area contributed by atoms with E-state index in [9.17, 15) is 9.18 Å². The molecule has 0 bridgehead atoms. The maximum absolute atomic E-state index is 13.3. The third kappa shape index (κ3) is 5.50. The van der Waals surface area contributed by atoms with Crippen molar-refractivity contribution in [2.45, 2.75) is 45.7 Å². The number of hydrogen-bond donors (Lipinski definition) is 0. The highest BCUT2D eigenvalue weighted by Gasteiger charge is 2.29. The Morgan fingerprint density at radius 3 is 2.44 bits per heavy atom. The van der Waals surface area contributed by atoms with Crippen molar-refractivity contribution in [3.63, 3.8) is 0 Å². The Bertz CT molecular complexity index is 1190. The summed E-state index contributed by atoms with van der Waals surface area (Å²) in [6.07, 6.45) is 3.25. The molecule has 3 aromatic rings. The highest BCUT2D eigenvalue weighted by Crippen LogP contribution is 2.32. The first kappa shape index (κ1) is 24.2. The van der Waals surface area contributed by atoms with Gasteiger partial charge in [0.25, 0.3) is 0 Å². The van der Waals surface area contributed by atoms with Gasteiger partial charge in [0.2, 0.25) is 11.9 Å². The van der Waals surface area contributed by atoms with Gasteiger partial charge in [-0.1, -0.05) is 49.4 Å². The van der Waals surface area contributed by atoms with Gasteiger partial charge in [0.1, 0.15) is 11.6 Å². The maximum Gasteiger partial charge on any atom is 0.227 e. The van der Waals surface area contributed by atoms with Crippen LogP contribution in [0.5, 0.6) is 0 Å². The number of fused-ring (bicyclic) bond motifs is 1. The van der Waals surface area contributed by atoms with Gasteiger partial charge in [-0.3, -0.25) is 4.79 Å². The first-order valence-electron chi connectivity index (χ1n) is 12.9. The van der Waals surface area contributed by atoms with Crippen LogP contribution in [-0.4, -0.2) is 47.5 Å². The van der Waals surface area contributed by atoms with Crippen LogP contribution < -0.4 is 9.80 Å². The molecule has 0 unspecified atom stereocenters. The quantitative estimate of drug-likeness (QED) is 0.508. The summed E-state index contributed by atoms with van der Waals surface area (Å²) in [6.45, 7) is 6.12. The fraction of sp³-hybridized carbons (Fsp3) is 0.414. The van der Waals surface area contributed by atoms with Crippen LogP contribution in [0.2, 0.25) is 0 Å². The molecule has 3 heterocycles. The minimum absolute atomic E-state index is 0.0516. The third-order valence-electron chi connectivity index (χ3n) is 7.34. The molecule has 36 heavy (non-hydrogen) atoms. The van der Waals surface area contributed by atoms with Gasteiger partial charge in [0.15, 0.2) is 0 Å². The Morgan fingerprint density at radius 2 is 1.72 bits per heavy atom. The zero-order chi connectivity index (χ0) is 25.1. The van der Waals surface area contributed by atoms with Crippen molar-refractivity contribution in [1.29, 1.82) is 0 Å². The topological polar surface area (TPSA) is 52.6 Å². The van der Waals surface area contributed by atoms with E-state index in [0.717, 1.165) is 61.1 Å². The van der Waals surface area contributed by atoms with E-state index >= 15 is 0 Å². The molecule has 2 aliphatic rings. The fourth-order valence-electron chi connectivity index (χ4n) is 5.07. The molecule has 0 aliphatic carbocycles. The number of hydrogen-bond acceptors (Lipinski definition) is 5. The van der Waals surface area contributed by atoms with Gasteiger partial charge in [-0.15, -0.1) is 0 Å². The number of anilines is 2. The van der Waals surface area contributed by atoms with Crippen LogP contribution in [0.1, 0.15) is 42.1 Å². The highest BCUT2D eigenvalue weighted by molar-refractivity contribution is 5.79. The summed E-state index contributed by atoms with van der Waals surface area (Å²) < 4.78 is 13.3.